The Morgan fingerprint density at radius 2 is 1.94 bits per heavy atom. The van der Waals surface area contributed by atoms with Crippen LogP contribution in [0.5, 0.6) is 0 Å². The number of hydrogen-bond donors (Lipinski definition) is 2. The number of hydrogen-bond acceptors (Lipinski definition) is 3. The van der Waals surface area contributed by atoms with E-state index in [4.69, 9.17) is 0 Å². The van der Waals surface area contributed by atoms with Gasteiger partial charge in [0, 0.05) is 31.9 Å². The largest absolute Gasteiger partial charge is 0.369 e. The number of piperazine rings is 1. The molecule has 2 fully saturated rings. The number of carbonyl (C=O) groups excluding carboxylic acids is 1. The van der Waals surface area contributed by atoms with Gasteiger partial charge >= 0.3 is 0 Å². The number of nitrogens with zero attached hydrogens (tertiary/aromatic N) is 1. The zero-order valence-corrected chi connectivity index (χ0v) is 10.9. The van der Waals surface area contributed by atoms with Crippen LogP contribution < -0.4 is 15.5 Å². The van der Waals surface area contributed by atoms with Crippen molar-refractivity contribution in [2.45, 2.75) is 19.4 Å². The Kier molecular flexibility index (Phi) is 2.55. The lowest BCUT2D eigenvalue weighted by Gasteiger charge is -2.30. The van der Waals surface area contributed by atoms with Gasteiger partial charge in [0.1, 0.15) is 5.54 Å². The van der Waals surface area contributed by atoms with Gasteiger partial charge < -0.3 is 15.5 Å². The van der Waals surface area contributed by atoms with E-state index >= 15 is 0 Å². The maximum absolute atomic E-state index is 11.4. The Balaban J connectivity index is 1.87. The summed E-state index contributed by atoms with van der Waals surface area (Å²) in [5.74, 6) is 0.125. The van der Waals surface area contributed by atoms with Crippen molar-refractivity contribution in [3.63, 3.8) is 0 Å². The Labute approximate surface area is 107 Å². The number of amides is 1. The first-order valence-corrected chi connectivity index (χ1v) is 6.51. The van der Waals surface area contributed by atoms with Gasteiger partial charge in [-0.05, 0) is 37.1 Å². The van der Waals surface area contributed by atoms with Crippen molar-refractivity contribution in [1.29, 1.82) is 0 Å². The van der Waals surface area contributed by atoms with Crippen LogP contribution in [0, 0.1) is 6.92 Å². The second kappa shape index (κ2) is 3.99. The minimum Gasteiger partial charge on any atom is -0.369 e. The van der Waals surface area contributed by atoms with Crippen LogP contribution in [0.3, 0.4) is 0 Å². The van der Waals surface area contributed by atoms with Crippen LogP contribution >= 0.6 is 0 Å². The third-order valence-corrected chi connectivity index (χ3v) is 3.99. The van der Waals surface area contributed by atoms with Gasteiger partial charge in [-0.3, -0.25) is 4.79 Å². The molecule has 1 aromatic carbocycles. The van der Waals surface area contributed by atoms with Gasteiger partial charge in [0.25, 0.3) is 5.91 Å². The predicted molar refractivity (Wildman–Crippen MR) is 71.8 cm³/mol. The van der Waals surface area contributed by atoms with Crippen molar-refractivity contribution in [2.75, 3.05) is 31.1 Å². The molecule has 2 saturated heterocycles. The quantitative estimate of drug-likeness (QED) is 0.756. The summed E-state index contributed by atoms with van der Waals surface area (Å²) in [6.07, 6.45) is 0. The molecule has 18 heavy (non-hydrogen) atoms. The van der Waals surface area contributed by atoms with Gasteiger partial charge in [0.2, 0.25) is 0 Å². The molecule has 0 bridgehead atoms. The van der Waals surface area contributed by atoms with E-state index in [9.17, 15) is 4.79 Å². The zero-order valence-electron chi connectivity index (χ0n) is 10.9. The molecular formula is C14H19N3O. The second-order valence-electron chi connectivity index (χ2n) is 5.32. The monoisotopic (exact) mass is 245 g/mol. The fraction of sp³-hybridized carbons (Fsp3) is 0.500. The highest BCUT2D eigenvalue weighted by atomic mass is 16.2. The van der Waals surface area contributed by atoms with E-state index in [1.165, 1.54) is 11.3 Å². The average molecular weight is 245 g/mol. The SMILES string of the molecule is Cc1cc(N2CCNCC2)ccc1C1(C)NC1=O. The van der Waals surface area contributed by atoms with Crippen LogP contribution in [0.4, 0.5) is 5.69 Å². The van der Waals surface area contributed by atoms with E-state index < -0.39 is 5.54 Å². The molecule has 1 aromatic rings. The number of benzene rings is 1. The minimum absolute atomic E-state index is 0.125. The molecule has 0 radical (unpaired) electrons. The Hall–Kier alpha value is -1.55. The molecule has 2 N–H and O–H groups in total. The fourth-order valence-electron chi connectivity index (χ4n) is 2.71. The second-order valence-corrected chi connectivity index (χ2v) is 5.32. The number of aryl methyl sites for hydroxylation is 1. The van der Waals surface area contributed by atoms with Crippen LogP contribution in [0.2, 0.25) is 0 Å². The van der Waals surface area contributed by atoms with Crippen LogP contribution in [0.15, 0.2) is 18.2 Å². The van der Waals surface area contributed by atoms with Gasteiger partial charge in [0.15, 0.2) is 0 Å². The van der Waals surface area contributed by atoms with Crippen molar-refractivity contribution < 1.29 is 4.79 Å². The smallest absolute Gasteiger partial charge is 0.251 e. The topological polar surface area (TPSA) is 54.3 Å². The molecule has 0 saturated carbocycles. The van der Waals surface area contributed by atoms with Crippen LogP contribution in [-0.2, 0) is 10.3 Å². The molecule has 1 amide bonds. The molecule has 96 valence electrons. The van der Waals surface area contributed by atoms with Gasteiger partial charge in [0.05, 0.1) is 0 Å². The van der Waals surface area contributed by atoms with Crippen LogP contribution in [0.25, 0.3) is 0 Å². The molecule has 0 aromatic heterocycles. The molecule has 0 spiro atoms. The maximum atomic E-state index is 11.4. The van der Waals surface area contributed by atoms with Crippen molar-refractivity contribution in [2.24, 2.45) is 0 Å². The molecule has 2 aliphatic heterocycles. The molecule has 0 aliphatic carbocycles. The molecular weight excluding hydrogens is 226 g/mol. The summed E-state index contributed by atoms with van der Waals surface area (Å²) in [5.41, 5.74) is 3.11. The molecule has 3 rings (SSSR count). The highest BCUT2D eigenvalue weighted by Crippen LogP contribution is 2.35. The average Bonchev–Trinajstić information content (AvgIpc) is 2.99. The normalized spacial score (nSPS) is 27.0. The summed E-state index contributed by atoms with van der Waals surface area (Å²) in [7, 11) is 0. The van der Waals surface area contributed by atoms with Crippen molar-refractivity contribution in [3.05, 3.63) is 29.3 Å². The van der Waals surface area contributed by atoms with Gasteiger partial charge in [-0.15, -0.1) is 0 Å². The Bertz CT molecular complexity index is 494. The lowest BCUT2D eigenvalue weighted by molar-refractivity contribution is -0.112. The highest BCUT2D eigenvalue weighted by molar-refractivity contribution is 6.02. The van der Waals surface area contributed by atoms with E-state index in [2.05, 4.69) is 40.7 Å². The summed E-state index contributed by atoms with van der Waals surface area (Å²) in [4.78, 5) is 13.8. The maximum Gasteiger partial charge on any atom is 0.251 e. The van der Waals surface area contributed by atoms with E-state index in [-0.39, 0.29) is 5.91 Å². The summed E-state index contributed by atoms with van der Waals surface area (Å²) >= 11 is 0. The molecule has 4 nitrogen and oxygen atoms in total. The molecule has 4 heteroatoms. The van der Waals surface area contributed by atoms with Crippen molar-refractivity contribution >= 4 is 11.6 Å². The van der Waals surface area contributed by atoms with E-state index in [1.807, 2.05) is 6.92 Å². The standard InChI is InChI=1S/C14H19N3O/c1-10-9-11(17-7-5-15-6-8-17)3-4-12(10)14(2)13(18)16-14/h3-4,9,15H,5-8H2,1-2H3,(H,16,18). The first-order chi connectivity index (χ1) is 8.61. The lowest BCUT2D eigenvalue weighted by Crippen LogP contribution is -2.43. The lowest BCUT2D eigenvalue weighted by atomic mass is 9.95. The third-order valence-electron chi connectivity index (χ3n) is 3.99. The zero-order chi connectivity index (χ0) is 12.8. The molecule has 2 aliphatic rings. The Morgan fingerprint density at radius 3 is 2.50 bits per heavy atom. The summed E-state index contributed by atoms with van der Waals surface area (Å²) in [6.45, 7) is 8.21. The van der Waals surface area contributed by atoms with Crippen LogP contribution in [0.1, 0.15) is 18.1 Å². The summed E-state index contributed by atoms with van der Waals surface area (Å²) in [5, 5.41) is 6.26. The minimum atomic E-state index is -0.438. The molecule has 1 unspecified atom stereocenters. The van der Waals surface area contributed by atoms with Crippen molar-refractivity contribution in [1.82, 2.24) is 10.6 Å². The van der Waals surface area contributed by atoms with Gasteiger partial charge in [-0.2, -0.15) is 0 Å². The van der Waals surface area contributed by atoms with Crippen molar-refractivity contribution in [3.8, 4) is 0 Å². The Morgan fingerprint density at radius 1 is 1.28 bits per heavy atom. The summed E-state index contributed by atoms with van der Waals surface area (Å²) in [6, 6.07) is 6.41. The fourth-order valence-corrected chi connectivity index (χ4v) is 2.71. The third kappa shape index (κ3) is 1.77. The first-order valence-electron chi connectivity index (χ1n) is 6.51. The van der Waals surface area contributed by atoms with Gasteiger partial charge in [-0.1, -0.05) is 6.07 Å². The molecule has 2 heterocycles. The highest BCUT2D eigenvalue weighted by Gasteiger charge is 2.50. The summed E-state index contributed by atoms with van der Waals surface area (Å²) < 4.78 is 0. The van der Waals surface area contributed by atoms with E-state index in [0.717, 1.165) is 31.7 Å². The number of rotatable bonds is 2. The molecule has 1 atom stereocenters. The first kappa shape index (κ1) is 11.5. The predicted octanol–water partition coefficient (Wildman–Crippen LogP) is 0.750. The number of nitrogens with one attached hydrogen (secondary N) is 2. The number of carbonyl (C=O) groups is 1. The van der Waals surface area contributed by atoms with E-state index in [0.29, 0.717) is 0 Å². The number of anilines is 1. The van der Waals surface area contributed by atoms with Crippen LogP contribution in [-0.4, -0.2) is 32.1 Å². The van der Waals surface area contributed by atoms with Gasteiger partial charge in [-0.25, -0.2) is 0 Å². The van der Waals surface area contributed by atoms with E-state index in [1.54, 1.807) is 0 Å².